The predicted molar refractivity (Wildman–Crippen MR) is 71.3 cm³/mol. The van der Waals surface area contributed by atoms with Gasteiger partial charge < -0.3 is 10.1 Å². The van der Waals surface area contributed by atoms with Crippen molar-refractivity contribution in [3.8, 4) is 5.75 Å². The Morgan fingerprint density at radius 3 is 2.94 bits per heavy atom. The highest BCUT2D eigenvalue weighted by molar-refractivity contribution is 6.02. The summed E-state index contributed by atoms with van der Waals surface area (Å²) in [5, 5.41) is 3.26. The molecule has 0 bridgehead atoms. The highest BCUT2D eigenvalue weighted by Crippen LogP contribution is 2.22. The van der Waals surface area contributed by atoms with Crippen LogP contribution in [0.5, 0.6) is 5.75 Å². The van der Waals surface area contributed by atoms with E-state index >= 15 is 0 Å². The average molecular weight is 248 g/mol. The maximum atomic E-state index is 12.6. The van der Waals surface area contributed by atoms with Crippen LogP contribution in [0.1, 0.15) is 15.9 Å². The lowest BCUT2D eigenvalue weighted by molar-refractivity contribution is 0.0816. The van der Waals surface area contributed by atoms with Crippen LogP contribution in [0, 0.1) is 6.92 Å². The molecule has 0 saturated carbocycles. The zero-order valence-electron chi connectivity index (χ0n) is 11.2. The first-order chi connectivity index (χ1) is 8.63. The molecule has 1 aliphatic heterocycles. The number of carbonyl (C=O) groups is 1. The fourth-order valence-electron chi connectivity index (χ4n) is 2.29. The molecule has 0 aromatic heterocycles. The predicted octanol–water partition coefficient (Wildman–Crippen LogP) is 1.09. The Bertz CT molecular complexity index is 445. The molecule has 1 heterocycles. The first-order valence-corrected chi connectivity index (χ1v) is 6.23. The molecule has 4 heteroatoms. The molecule has 1 fully saturated rings. The summed E-state index contributed by atoms with van der Waals surface area (Å²) in [6.45, 7) is 4.52. The number of rotatable bonds is 3. The summed E-state index contributed by atoms with van der Waals surface area (Å²) < 4.78 is 5.29. The Morgan fingerprint density at radius 2 is 2.28 bits per heavy atom. The molecule has 1 aliphatic rings. The van der Waals surface area contributed by atoms with Crippen molar-refractivity contribution in [1.29, 1.82) is 0 Å². The lowest BCUT2D eigenvalue weighted by Gasteiger charge is -2.32. The summed E-state index contributed by atoms with van der Waals surface area (Å²) in [4.78, 5) is 14.7. The van der Waals surface area contributed by atoms with Gasteiger partial charge in [-0.05, 0) is 26.1 Å². The highest BCUT2D eigenvalue weighted by Gasteiger charge is 2.28. The average Bonchev–Trinajstić information content (AvgIpc) is 2.38. The van der Waals surface area contributed by atoms with Crippen LogP contribution < -0.4 is 10.1 Å². The van der Waals surface area contributed by atoms with Crippen LogP contribution in [0.25, 0.3) is 0 Å². The van der Waals surface area contributed by atoms with Gasteiger partial charge in [-0.15, -0.1) is 0 Å². The van der Waals surface area contributed by atoms with Gasteiger partial charge >= 0.3 is 0 Å². The number of nitrogens with zero attached hydrogens (tertiary/aromatic N) is 1. The van der Waals surface area contributed by atoms with E-state index in [2.05, 4.69) is 10.2 Å². The monoisotopic (exact) mass is 248 g/mol. The van der Waals surface area contributed by atoms with E-state index in [1.54, 1.807) is 7.11 Å². The lowest BCUT2D eigenvalue weighted by atomic mass is 9.99. The zero-order chi connectivity index (χ0) is 13.1. The fourth-order valence-corrected chi connectivity index (χ4v) is 2.29. The molecule has 0 spiro atoms. The van der Waals surface area contributed by atoms with Crippen LogP contribution in [0.2, 0.25) is 0 Å². The second-order valence-electron chi connectivity index (χ2n) is 4.77. The normalized spacial score (nSPS) is 20.7. The van der Waals surface area contributed by atoms with Gasteiger partial charge in [0.1, 0.15) is 5.75 Å². The van der Waals surface area contributed by atoms with Crippen molar-refractivity contribution in [1.82, 2.24) is 10.2 Å². The smallest absolute Gasteiger partial charge is 0.184 e. The first kappa shape index (κ1) is 13.1. The number of aryl methyl sites for hydroxylation is 1. The number of likely N-dealkylation sites (N-methyl/N-ethyl adjacent to an activating group) is 1. The maximum Gasteiger partial charge on any atom is 0.184 e. The Morgan fingerprint density at radius 1 is 1.50 bits per heavy atom. The number of ether oxygens (including phenoxy) is 1. The molecular weight excluding hydrogens is 228 g/mol. The highest BCUT2D eigenvalue weighted by atomic mass is 16.5. The minimum absolute atomic E-state index is 0.102. The van der Waals surface area contributed by atoms with Gasteiger partial charge in [-0.2, -0.15) is 0 Å². The SMILES string of the molecule is COc1ccc(C)cc1C(=O)C1CNCCN1C. The quantitative estimate of drug-likeness (QED) is 0.813. The van der Waals surface area contributed by atoms with Crippen molar-refractivity contribution < 1.29 is 9.53 Å². The minimum atomic E-state index is -0.102. The first-order valence-electron chi connectivity index (χ1n) is 6.23. The van der Waals surface area contributed by atoms with Gasteiger partial charge in [0.25, 0.3) is 0 Å². The largest absolute Gasteiger partial charge is 0.496 e. The summed E-state index contributed by atoms with van der Waals surface area (Å²) in [5.74, 6) is 0.787. The number of Topliss-reactive ketones (excluding diaryl/α,β-unsaturated/α-hetero) is 1. The number of piperazine rings is 1. The third-order valence-corrected chi connectivity index (χ3v) is 3.43. The van der Waals surface area contributed by atoms with E-state index in [-0.39, 0.29) is 11.8 Å². The zero-order valence-corrected chi connectivity index (χ0v) is 11.2. The van der Waals surface area contributed by atoms with Crippen LogP contribution >= 0.6 is 0 Å². The van der Waals surface area contributed by atoms with E-state index in [0.29, 0.717) is 17.9 Å². The number of hydrogen-bond donors (Lipinski definition) is 1. The second kappa shape index (κ2) is 5.50. The molecule has 0 aliphatic carbocycles. The molecule has 4 nitrogen and oxygen atoms in total. The second-order valence-corrected chi connectivity index (χ2v) is 4.77. The van der Waals surface area contributed by atoms with Gasteiger partial charge in [0.2, 0.25) is 0 Å². The van der Waals surface area contributed by atoms with E-state index < -0.39 is 0 Å². The number of ketones is 1. The summed E-state index contributed by atoms with van der Waals surface area (Å²) in [7, 11) is 3.59. The summed E-state index contributed by atoms with van der Waals surface area (Å²) in [5.41, 5.74) is 1.75. The Balaban J connectivity index is 2.29. The van der Waals surface area contributed by atoms with Crippen molar-refractivity contribution >= 4 is 5.78 Å². The van der Waals surface area contributed by atoms with Crippen LogP contribution in [0.3, 0.4) is 0 Å². The van der Waals surface area contributed by atoms with Crippen LogP contribution in [0.15, 0.2) is 18.2 Å². The Hall–Kier alpha value is -1.39. The number of methoxy groups -OCH3 is 1. The standard InChI is InChI=1S/C14H20N2O2/c1-10-4-5-13(18-3)11(8-10)14(17)12-9-15-6-7-16(12)2/h4-5,8,12,15H,6-7,9H2,1-3H3. The van der Waals surface area contributed by atoms with E-state index in [1.165, 1.54) is 0 Å². The maximum absolute atomic E-state index is 12.6. The lowest BCUT2D eigenvalue weighted by Crippen LogP contribution is -2.53. The Kier molecular flexibility index (Phi) is 3.99. The van der Waals surface area contributed by atoms with Gasteiger partial charge in [0.05, 0.1) is 18.7 Å². The summed E-state index contributed by atoms with van der Waals surface area (Å²) in [6, 6.07) is 5.62. The molecule has 0 radical (unpaired) electrons. The molecule has 1 aromatic carbocycles. The number of nitrogens with one attached hydrogen (secondary N) is 1. The van der Waals surface area contributed by atoms with Gasteiger partial charge in [0, 0.05) is 19.6 Å². The molecular formula is C14H20N2O2. The molecule has 1 atom stereocenters. The molecule has 98 valence electrons. The molecule has 2 rings (SSSR count). The summed E-state index contributed by atoms with van der Waals surface area (Å²) in [6.07, 6.45) is 0. The summed E-state index contributed by atoms with van der Waals surface area (Å²) >= 11 is 0. The third kappa shape index (κ3) is 2.54. The molecule has 1 aromatic rings. The van der Waals surface area contributed by atoms with E-state index in [0.717, 1.165) is 18.7 Å². The Labute approximate surface area is 108 Å². The van der Waals surface area contributed by atoms with Crippen molar-refractivity contribution in [2.75, 3.05) is 33.8 Å². The molecule has 1 saturated heterocycles. The van der Waals surface area contributed by atoms with Gasteiger partial charge in [-0.25, -0.2) is 0 Å². The van der Waals surface area contributed by atoms with Crippen LogP contribution in [-0.4, -0.2) is 50.5 Å². The number of carbonyl (C=O) groups excluding carboxylic acids is 1. The van der Waals surface area contributed by atoms with Crippen molar-refractivity contribution in [2.45, 2.75) is 13.0 Å². The molecule has 18 heavy (non-hydrogen) atoms. The topological polar surface area (TPSA) is 41.6 Å². The molecule has 1 unspecified atom stereocenters. The number of hydrogen-bond acceptors (Lipinski definition) is 4. The number of benzene rings is 1. The van der Waals surface area contributed by atoms with E-state index in [9.17, 15) is 4.79 Å². The van der Waals surface area contributed by atoms with Gasteiger partial charge in [0.15, 0.2) is 5.78 Å². The van der Waals surface area contributed by atoms with Crippen LogP contribution in [0.4, 0.5) is 0 Å². The van der Waals surface area contributed by atoms with E-state index in [4.69, 9.17) is 4.74 Å². The van der Waals surface area contributed by atoms with Crippen molar-refractivity contribution in [2.24, 2.45) is 0 Å². The minimum Gasteiger partial charge on any atom is -0.496 e. The van der Waals surface area contributed by atoms with Crippen molar-refractivity contribution in [3.05, 3.63) is 29.3 Å². The molecule has 0 amide bonds. The molecule has 1 N–H and O–H groups in total. The van der Waals surface area contributed by atoms with Crippen LogP contribution in [-0.2, 0) is 0 Å². The van der Waals surface area contributed by atoms with E-state index in [1.807, 2.05) is 32.2 Å². The van der Waals surface area contributed by atoms with Crippen molar-refractivity contribution in [3.63, 3.8) is 0 Å². The van der Waals surface area contributed by atoms with Gasteiger partial charge in [-0.1, -0.05) is 11.6 Å². The van der Waals surface area contributed by atoms with Gasteiger partial charge in [-0.3, -0.25) is 9.69 Å². The third-order valence-electron chi connectivity index (χ3n) is 3.43. The fraction of sp³-hybridized carbons (Fsp3) is 0.500.